The van der Waals surface area contributed by atoms with Crippen LogP contribution in [0.5, 0.6) is 0 Å². The van der Waals surface area contributed by atoms with Crippen LogP contribution < -0.4 is 10.2 Å². The van der Waals surface area contributed by atoms with Gasteiger partial charge < -0.3 is 15.1 Å². The lowest BCUT2D eigenvalue weighted by molar-refractivity contribution is -0.168. The van der Waals surface area contributed by atoms with Crippen molar-refractivity contribution in [3.63, 3.8) is 0 Å². The summed E-state index contributed by atoms with van der Waals surface area (Å²) >= 11 is 0. The molecule has 1 aromatic rings. The first-order chi connectivity index (χ1) is 15.2. The van der Waals surface area contributed by atoms with Gasteiger partial charge in [0.05, 0.1) is 17.2 Å². The second kappa shape index (κ2) is 7.96. The molecule has 0 bridgehead atoms. The minimum absolute atomic E-state index is 0.0159. The van der Waals surface area contributed by atoms with Gasteiger partial charge in [-0.25, -0.2) is 0 Å². The van der Waals surface area contributed by atoms with Gasteiger partial charge in [-0.1, -0.05) is 6.42 Å². The number of hydrogen-bond donors (Lipinski definition) is 1. The predicted molar refractivity (Wildman–Crippen MR) is 116 cm³/mol. The Morgan fingerprint density at radius 2 is 1.72 bits per heavy atom. The first-order valence-corrected chi connectivity index (χ1v) is 11.8. The van der Waals surface area contributed by atoms with Crippen LogP contribution in [0.25, 0.3) is 0 Å². The summed E-state index contributed by atoms with van der Waals surface area (Å²) in [5.74, 6) is -1.56. The fourth-order valence-corrected chi connectivity index (χ4v) is 5.42. The highest BCUT2D eigenvalue weighted by Gasteiger charge is 2.45. The number of hydrogen-bond acceptors (Lipinski definition) is 3. The van der Waals surface area contributed by atoms with Gasteiger partial charge in [-0.05, 0) is 68.6 Å². The van der Waals surface area contributed by atoms with E-state index in [0.717, 1.165) is 25.7 Å². The molecular weight excluding hydrogens is 419 g/mol. The van der Waals surface area contributed by atoms with E-state index in [9.17, 15) is 22.8 Å². The van der Waals surface area contributed by atoms with Crippen molar-refractivity contribution in [2.45, 2.75) is 57.5 Å². The Kier molecular flexibility index (Phi) is 5.37. The highest BCUT2D eigenvalue weighted by molar-refractivity contribution is 6.02. The van der Waals surface area contributed by atoms with Gasteiger partial charge in [0.15, 0.2) is 0 Å². The topological polar surface area (TPSA) is 52.7 Å². The number of halogens is 3. The number of likely N-dealkylation sites (tertiary alicyclic amines) is 1. The number of carbonyl (C=O) groups excluding carboxylic acids is 2. The number of rotatable bonds is 4. The van der Waals surface area contributed by atoms with Crippen molar-refractivity contribution in [2.24, 2.45) is 17.3 Å². The van der Waals surface area contributed by atoms with E-state index < -0.39 is 12.1 Å². The summed E-state index contributed by atoms with van der Waals surface area (Å²) in [6, 6.07) is 5.06. The Hall–Kier alpha value is -2.25. The number of nitrogens with one attached hydrogen (secondary N) is 1. The Bertz CT molecular complexity index is 898. The van der Waals surface area contributed by atoms with E-state index >= 15 is 0 Å². The van der Waals surface area contributed by atoms with E-state index in [2.05, 4.69) is 5.32 Å². The maximum atomic E-state index is 13.4. The molecule has 2 aliphatic carbocycles. The molecular formula is C24H30F3N3O2. The lowest BCUT2D eigenvalue weighted by Crippen LogP contribution is -2.46. The van der Waals surface area contributed by atoms with Crippen LogP contribution in [0, 0.1) is 17.3 Å². The van der Waals surface area contributed by atoms with Crippen LogP contribution in [-0.2, 0) is 4.79 Å². The van der Waals surface area contributed by atoms with Crippen LogP contribution in [0.3, 0.4) is 0 Å². The normalized spacial score (nSPS) is 25.0. The van der Waals surface area contributed by atoms with Gasteiger partial charge >= 0.3 is 6.18 Å². The molecule has 2 saturated carbocycles. The first-order valence-electron chi connectivity index (χ1n) is 11.8. The van der Waals surface area contributed by atoms with Gasteiger partial charge in [0, 0.05) is 37.8 Å². The van der Waals surface area contributed by atoms with Crippen LogP contribution in [0.2, 0.25) is 0 Å². The van der Waals surface area contributed by atoms with Gasteiger partial charge in [-0.3, -0.25) is 9.59 Å². The monoisotopic (exact) mass is 449 g/mol. The third kappa shape index (κ3) is 4.20. The average Bonchev–Trinajstić information content (AvgIpc) is 3.47. The lowest BCUT2D eigenvalue weighted by Gasteiger charge is -2.48. The second-order valence-corrected chi connectivity index (χ2v) is 10.1. The summed E-state index contributed by atoms with van der Waals surface area (Å²) in [4.78, 5) is 29.1. The molecule has 5 rings (SSSR count). The fourth-order valence-electron chi connectivity index (χ4n) is 5.42. The molecule has 1 spiro atoms. The SMILES string of the molecule is O=C(Nc1ccc(C(=O)N2CCC3(CCC3)CC2)c(N2CCC(C(F)(F)F)C2)c1)C1CC1. The zero-order valence-corrected chi connectivity index (χ0v) is 18.2. The number of carbonyl (C=O) groups is 2. The molecule has 1 atom stereocenters. The first kappa shape index (κ1) is 21.6. The Morgan fingerprint density at radius 3 is 2.28 bits per heavy atom. The number of nitrogens with zero attached hydrogens (tertiary/aromatic N) is 2. The molecule has 5 nitrogen and oxygen atoms in total. The van der Waals surface area contributed by atoms with Crippen LogP contribution >= 0.6 is 0 Å². The number of piperidine rings is 1. The molecule has 4 fully saturated rings. The van der Waals surface area contributed by atoms with E-state index in [0.29, 0.717) is 35.4 Å². The molecule has 2 amide bonds. The van der Waals surface area contributed by atoms with E-state index in [1.54, 1.807) is 23.1 Å². The molecule has 1 unspecified atom stereocenters. The van der Waals surface area contributed by atoms with Crippen LogP contribution in [0.1, 0.15) is 61.7 Å². The summed E-state index contributed by atoms with van der Waals surface area (Å²) in [6.07, 6.45) is 3.25. The van der Waals surface area contributed by atoms with E-state index in [-0.39, 0.29) is 37.2 Å². The minimum atomic E-state index is -4.25. The lowest BCUT2D eigenvalue weighted by atomic mass is 9.63. The zero-order chi connectivity index (χ0) is 22.5. The Balaban J connectivity index is 1.38. The van der Waals surface area contributed by atoms with Crippen molar-refractivity contribution in [1.82, 2.24) is 4.90 Å². The average molecular weight is 450 g/mol. The smallest absolute Gasteiger partial charge is 0.370 e. The Labute approximate surface area is 186 Å². The third-order valence-electron chi connectivity index (χ3n) is 7.96. The summed E-state index contributed by atoms with van der Waals surface area (Å²) in [7, 11) is 0. The molecule has 2 aliphatic heterocycles. The maximum absolute atomic E-state index is 13.4. The van der Waals surface area contributed by atoms with E-state index in [1.165, 1.54) is 19.3 Å². The van der Waals surface area contributed by atoms with Crippen molar-refractivity contribution in [1.29, 1.82) is 0 Å². The minimum Gasteiger partial charge on any atom is -0.370 e. The molecule has 0 radical (unpaired) electrons. The highest BCUT2D eigenvalue weighted by Crippen LogP contribution is 2.49. The quantitative estimate of drug-likeness (QED) is 0.716. The molecule has 8 heteroatoms. The van der Waals surface area contributed by atoms with Crippen molar-refractivity contribution in [3.05, 3.63) is 23.8 Å². The van der Waals surface area contributed by atoms with Gasteiger partial charge in [-0.2, -0.15) is 13.2 Å². The number of benzene rings is 1. The van der Waals surface area contributed by atoms with Gasteiger partial charge in [0.1, 0.15) is 0 Å². The molecule has 2 saturated heterocycles. The summed E-state index contributed by atoms with van der Waals surface area (Å²) < 4.78 is 39.9. The maximum Gasteiger partial charge on any atom is 0.393 e. The Morgan fingerprint density at radius 1 is 1.00 bits per heavy atom. The number of anilines is 2. The predicted octanol–water partition coefficient (Wildman–Crippen LogP) is 4.83. The van der Waals surface area contributed by atoms with Crippen molar-refractivity contribution in [3.8, 4) is 0 Å². The van der Waals surface area contributed by atoms with Crippen molar-refractivity contribution >= 4 is 23.2 Å². The number of alkyl halides is 3. The molecule has 2 heterocycles. The third-order valence-corrected chi connectivity index (χ3v) is 7.96. The molecule has 4 aliphatic rings. The van der Waals surface area contributed by atoms with Crippen molar-refractivity contribution < 1.29 is 22.8 Å². The largest absolute Gasteiger partial charge is 0.393 e. The van der Waals surface area contributed by atoms with E-state index in [1.807, 2.05) is 4.90 Å². The molecule has 0 aromatic heterocycles. The zero-order valence-electron chi connectivity index (χ0n) is 18.2. The molecule has 1 aromatic carbocycles. The van der Waals surface area contributed by atoms with E-state index in [4.69, 9.17) is 0 Å². The van der Waals surface area contributed by atoms with Crippen LogP contribution in [-0.4, -0.2) is 49.1 Å². The summed E-state index contributed by atoms with van der Waals surface area (Å²) in [5.41, 5.74) is 1.88. The second-order valence-electron chi connectivity index (χ2n) is 10.1. The van der Waals surface area contributed by atoms with Gasteiger partial charge in [0.2, 0.25) is 5.91 Å². The number of amides is 2. The fraction of sp³-hybridized carbons (Fsp3) is 0.667. The van der Waals surface area contributed by atoms with Crippen LogP contribution in [0.4, 0.5) is 24.5 Å². The molecule has 1 N–H and O–H groups in total. The summed E-state index contributed by atoms with van der Waals surface area (Å²) in [5, 5.41) is 2.87. The highest BCUT2D eigenvalue weighted by atomic mass is 19.4. The summed E-state index contributed by atoms with van der Waals surface area (Å²) in [6.45, 7) is 1.48. The molecule has 174 valence electrons. The van der Waals surface area contributed by atoms with Crippen LogP contribution in [0.15, 0.2) is 18.2 Å². The van der Waals surface area contributed by atoms with Gasteiger partial charge in [-0.15, -0.1) is 0 Å². The van der Waals surface area contributed by atoms with Crippen molar-refractivity contribution in [2.75, 3.05) is 36.4 Å². The standard InChI is InChI=1S/C24H30F3N3O2/c25-24(26,27)17-6-11-30(15-17)20-14-18(28-21(31)16-2-3-16)4-5-19(20)22(32)29-12-9-23(10-13-29)7-1-8-23/h4-5,14,16-17H,1-3,6-13,15H2,(H,28,31). The van der Waals surface area contributed by atoms with Gasteiger partial charge in [0.25, 0.3) is 5.91 Å². The molecule has 32 heavy (non-hydrogen) atoms.